The van der Waals surface area contributed by atoms with Crippen LogP contribution in [0, 0.1) is 5.82 Å². The Bertz CT molecular complexity index is 891. The third-order valence-electron chi connectivity index (χ3n) is 3.18. The molecule has 8 heteroatoms. The predicted octanol–water partition coefficient (Wildman–Crippen LogP) is 1.82. The topological polar surface area (TPSA) is 103 Å². The van der Waals surface area contributed by atoms with Crippen molar-refractivity contribution in [2.45, 2.75) is 0 Å². The lowest BCUT2D eigenvalue weighted by Gasteiger charge is -2.07. The maximum absolute atomic E-state index is 13.9. The number of carboxylic acid groups (broad SMARTS) is 1. The van der Waals surface area contributed by atoms with Crippen LogP contribution in [0.1, 0.15) is 10.5 Å². The molecule has 0 fully saturated rings. The SMILES string of the molecule is COc1ccc(-c2ccc(C(=O)O)n3nc(N)nc23)cc1F. The summed E-state index contributed by atoms with van der Waals surface area (Å²) in [5.74, 6) is -1.65. The Labute approximate surface area is 123 Å². The number of nitrogens with zero attached hydrogens (tertiary/aromatic N) is 3. The molecule has 0 saturated carbocycles. The maximum atomic E-state index is 13.9. The van der Waals surface area contributed by atoms with Crippen LogP contribution >= 0.6 is 0 Å². The number of carboxylic acids is 1. The Balaban J connectivity index is 2.26. The molecule has 112 valence electrons. The van der Waals surface area contributed by atoms with Gasteiger partial charge in [0.05, 0.1) is 7.11 Å². The smallest absolute Gasteiger partial charge is 0.354 e. The first-order valence-corrected chi connectivity index (χ1v) is 6.23. The highest BCUT2D eigenvalue weighted by molar-refractivity contribution is 5.89. The second-order valence-corrected chi connectivity index (χ2v) is 4.49. The number of nitrogens with two attached hydrogens (primary N) is 1. The second-order valence-electron chi connectivity index (χ2n) is 4.49. The summed E-state index contributed by atoms with van der Waals surface area (Å²) in [7, 11) is 1.37. The zero-order valence-corrected chi connectivity index (χ0v) is 11.4. The predicted molar refractivity (Wildman–Crippen MR) is 76.3 cm³/mol. The molecule has 0 saturated heterocycles. The van der Waals surface area contributed by atoms with E-state index in [4.69, 9.17) is 15.6 Å². The monoisotopic (exact) mass is 302 g/mol. The van der Waals surface area contributed by atoms with Crippen LogP contribution in [0.4, 0.5) is 10.3 Å². The van der Waals surface area contributed by atoms with E-state index in [0.29, 0.717) is 11.1 Å². The molecular weight excluding hydrogens is 291 g/mol. The molecule has 0 unspecified atom stereocenters. The molecule has 3 rings (SSSR count). The molecule has 2 heterocycles. The number of aromatic carboxylic acids is 1. The maximum Gasteiger partial charge on any atom is 0.354 e. The van der Waals surface area contributed by atoms with Crippen molar-refractivity contribution >= 4 is 17.6 Å². The lowest BCUT2D eigenvalue weighted by atomic mass is 10.1. The van der Waals surface area contributed by atoms with Crippen molar-refractivity contribution in [1.82, 2.24) is 14.6 Å². The molecule has 0 amide bonds. The fourth-order valence-electron chi connectivity index (χ4n) is 2.20. The number of nitrogen functional groups attached to an aromatic ring is 1. The van der Waals surface area contributed by atoms with Gasteiger partial charge in [-0.15, -0.1) is 5.10 Å². The van der Waals surface area contributed by atoms with Crippen molar-refractivity contribution in [2.24, 2.45) is 0 Å². The normalized spacial score (nSPS) is 10.8. The van der Waals surface area contributed by atoms with Crippen molar-refractivity contribution in [2.75, 3.05) is 12.8 Å². The summed E-state index contributed by atoms with van der Waals surface area (Å²) in [6.45, 7) is 0. The Kier molecular flexibility index (Phi) is 3.13. The number of anilines is 1. The van der Waals surface area contributed by atoms with Gasteiger partial charge < -0.3 is 15.6 Å². The van der Waals surface area contributed by atoms with Crippen LogP contribution in [-0.2, 0) is 0 Å². The summed E-state index contributed by atoms with van der Waals surface area (Å²) < 4.78 is 19.9. The largest absolute Gasteiger partial charge is 0.494 e. The molecule has 0 spiro atoms. The number of ether oxygens (including phenoxy) is 1. The van der Waals surface area contributed by atoms with E-state index in [9.17, 15) is 9.18 Å². The molecule has 0 aliphatic heterocycles. The summed E-state index contributed by atoms with van der Waals surface area (Å²) in [5, 5.41) is 13.0. The van der Waals surface area contributed by atoms with E-state index in [1.54, 1.807) is 6.07 Å². The van der Waals surface area contributed by atoms with E-state index in [1.807, 2.05) is 0 Å². The lowest BCUT2D eigenvalue weighted by molar-refractivity contribution is 0.0687. The van der Waals surface area contributed by atoms with Gasteiger partial charge in [0.1, 0.15) is 0 Å². The molecule has 0 atom stereocenters. The van der Waals surface area contributed by atoms with E-state index < -0.39 is 11.8 Å². The third kappa shape index (κ3) is 2.10. The van der Waals surface area contributed by atoms with Crippen LogP contribution in [0.5, 0.6) is 5.75 Å². The number of hydrogen-bond acceptors (Lipinski definition) is 5. The van der Waals surface area contributed by atoms with Gasteiger partial charge in [0, 0.05) is 5.56 Å². The standard InChI is InChI=1S/C14H11FN4O3/c1-22-11-5-2-7(6-9(11)15)8-3-4-10(13(20)21)19-12(8)17-14(16)18-19/h2-6H,1H3,(H2,16,18)(H,20,21). The van der Waals surface area contributed by atoms with Crippen LogP contribution in [0.15, 0.2) is 30.3 Å². The molecular formula is C14H11FN4O3. The number of methoxy groups -OCH3 is 1. The molecule has 7 nitrogen and oxygen atoms in total. The fraction of sp³-hybridized carbons (Fsp3) is 0.0714. The van der Waals surface area contributed by atoms with Gasteiger partial charge in [-0.05, 0) is 29.8 Å². The number of rotatable bonds is 3. The molecule has 0 radical (unpaired) electrons. The first-order chi connectivity index (χ1) is 10.5. The van der Waals surface area contributed by atoms with Gasteiger partial charge in [-0.2, -0.15) is 4.98 Å². The number of carbonyl (C=O) groups is 1. The van der Waals surface area contributed by atoms with Crippen LogP contribution in [-0.4, -0.2) is 32.8 Å². The van der Waals surface area contributed by atoms with Crippen LogP contribution in [0.2, 0.25) is 0 Å². The van der Waals surface area contributed by atoms with E-state index in [2.05, 4.69) is 10.1 Å². The second kappa shape index (κ2) is 4.99. The van der Waals surface area contributed by atoms with Crippen LogP contribution in [0.3, 0.4) is 0 Å². The highest BCUT2D eigenvalue weighted by Gasteiger charge is 2.16. The minimum Gasteiger partial charge on any atom is -0.494 e. The molecule has 22 heavy (non-hydrogen) atoms. The molecule has 2 aromatic heterocycles. The van der Waals surface area contributed by atoms with E-state index >= 15 is 0 Å². The fourth-order valence-corrected chi connectivity index (χ4v) is 2.20. The molecule has 0 bridgehead atoms. The first-order valence-electron chi connectivity index (χ1n) is 6.23. The third-order valence-corrected chi connectivity index (χ3v) is 3.18. The molecule has 3 N–H and O–H groups in total. The van der Waals surface area contributed by atoms with Crippen molar-refractivity contribution in [1.29, 1.82) is 0 Å². The number of aromatic nitrogens is 3. The van der Waals surface area contributed by atoms with E-state index in [-0.39, 0.29) is 23.0 Å². The molecule has 3 aromatic rings. The Morgan fingerprint density at radius 1 is 1.36 bits per heavy atom. The minimum absolute atomic E-state index is 0.0658. The van der Waals surface area contributed by atoms with Gasteiger partial charge in [0.15, 0.2) is 22.9 Å². The zero-order chi connectivity index (χ0) is 15.9. The van der Waals surface area contributed by atoms with Crippen molar-refractivity contribution < 1.29 is 19.0 Å². The average molecular weight is 302 g/mol. The summed E-state index contributed by atoms with van der Waals surface area (Å²) in [5.41, 5.74) is 6.72. The summed E-state index contributed by atoms with van der Waals surface area (Å²) in [6, 6.07) is 7.29. The molecule has 0 aliphatic carbocycles. The van der Waals surface area contributed by atoms with Crippen LogP contribution in [0.25, 0.3) is 16.8 Å². The summed E-state index contributed by atoms with van der Waals surface area (Å²) >= 11 is 0. The number of benzene rings is 1. The Hall–Kier alpha value is -3.16. The zero-order valence-electron chi connectivity index (χ0n) is 11.4. The number of halogens is 1. The van der Waals surface area contributed by atoms with Gasteiger partial charge in [0.2, 0.25) is 5.95 Å². The van der Waals surface area contributed by atoms with Gasteiger partial charge in [-0.1, -0.05) is 6.07 Å². The lowest BCUT2D eigenvalue weighted by Crippen LogP contribution is -2.07. The van der Waals surface area contributed by atoms with Crippen molar-refractivity contribution in [3.63, 3.8) is 0 Å². The number of fused-ring (bicyclic) bond motifs is 1. The van der Waals surface area contributed by atoms with Gasteiger partial charge >= 0.3 is 5.97 Å². The quantitative estimate of drug-likeness (QED) is 0.765. The van der Waals surface area contributed by atoms with E-state index in [0.717, 1.165) is 4.52 Å². The van der Waals surface area contributed by atoms with Crippen molar-refractivity contribution in [3.05, 3.63) is 41.8 Å². The minimum atomic E-state index is -1.16. The number of hydrogen-bond donors (Lipinski definition) is 2. The van der Waals surface area contributed by atoms with Gasteiger partial charge in [-0.3, -0.25) is 0 Å². The van der Waals surface area contributed by atoms with Gasteiger partial charge in [0.25, 0.3) is 0 Å². The summed E-state index contributed by atoms with van der Waals surface area (Å²) in [6.07, 6.45) is 0. The van der Waals surface area contributed by atoms with Crippen molar-refractivity contribution in [3.8, 4) is 16.9 Å². The average Bonchev–Trinajstić information content (AvgIpc) is 2.86. The van der Waals surface area contributed by atoms with E-state index in [1.165, 1.54) is 31.4 Å². The van der Waals surface area contributed by atoms with Gasteiger partial charge in [-0.25, -0.2) is 13.7 Å². The Morgan fingerprint density at radius 2 is 2.14 bits per heavy atom. The first kappa shape index (κ1) is 13.8. The van der Waals surface area contributed by atoms with Crippen LogP contribution < -0.4 is 10.5 Å². The number of pyridine rings is 1. The molecule has 0 aliphatic rings. The Morgan fingerprint density at radius 3 is 2.77 bits per heavy atom. The summed E-state index contributed by atoms with van der Waals surface area (Å²) in [4.78, 5) is 15.2. The molecule has 1 aromatic carbocycles. The highest BCUT2D eigenvalue weighted by Crippen LogP contribution is 2.28. The highest BCUT2D eigenvalue weighted by atomic mass is 19.1.